The second-order valence-electron chi connectivity index (χ2n) is 6.42. The number of methoxy groups -OCH3 is 1. The number of carbonyl (C=O) groups excluding carboxylic acids is 2. The third kappa shape index (κ3) is 4.64. The van der Waals surface area contributed by atoms with Crippen LogP contribution in [0.2, 0.25) is 0 Å². The molecule has 25 heavy (non-hydrogen) atoms. The number of anilines is 1. The highest BCUT2D eigenvalue weighted by Gasteiger charge is 2.25. The molecule has 1 fully saturated rings. The largest absolute Gasteiger partial charge is 0.385 e. The van der Waals surface area contributed by atoms with Crippen LogP contribution in [0.1, 0.15) is 35.2 Å². The molecule has 6 nitrogen and oxygen atoms in total. The Morgan fingerprint density at radius 1 is 1.32 bits per heavy atom. The highest BCUT2D eigenvalue weighted by Crippen LogP contribution is 2.25. The number of hydrogen-bond donors (Lipinski definition) is 2. The molecule has 1 saturated heterocycles. The maximum Gasteiger partial charge on any atom is 0.251 e. The van der Waals surface area contributed by atoms with Crippen LogP contribution >= 0.6 is 12.4 Å². The Kier molecular flexibility index (Phi) is 7.08. The molecule has 138 valence electrons. The molecule has 0 radical (unpaired) electrons. The zero-order chi connectivity index (χ0) is 16.9. The predicted octanol–water partition coefficient (Wildman–Crippen LogP) is 1.83. The lowest BCUT2D eigenvalue weighted by Gasteiger charge is -2.32. The van der Waals surface area contributed by atoms with Gasteiger partial charge in [0.15, 0.2) is 0 Å². The minimum absolute atomic E-state index is 0. The molecule has 0 aliphatic carbocycles. The van der Waals surface area contributed by atoms with Crippen LogP contribution in [0.5, 0.6) is 0 Å². The van der Waals surface area contributed by atoms with E-state index in [1.807, 2.05) is 18.2 Å². The first-order valence-corrected chi connectivity index (χ1v) is 8.62. The van der Waals surface area contributed by atoms with E-state index >= 15 is 0 Å². The summed E-state index contributed by atoms with van der Waals surface area (Å²) >= 11 is 0. The number of halogens is 1. The fourth-order valence-corrected chi connectivity index (χ4v) is 3.47. The van der Waals surface area contributed by atoms with E-state index in [-0.39, 0.29) is 36.9 Å². The Morgan fingerprint density at radius 2 is 2.08 bits per heavy atom. The van der Waals surface area contributed by atoms with E-state index in [0.717, 1.165) is 49.0 Å². The van der Waals surface area contributed by atoms with E-state index in [1.54, 1.807) is 4.90 Å². The van der Waals surface area contributed by atoms with E-state index in [0.29, 0.717) is 13.1 Å². The van der Waals surface area contributed by atoms with Crippen LogP contribution in [0.4, 0.5) is 5.69 Å². The Bertz CT molecular complexity index is 616. The van der Waals surface area contributed by atoms with Crippen molar-refractivity contribution >= 4 is 29.9 Å². The zero-order valence-corrected chi connectivity index (χ0v) is 15.4. The third-order valence-corrected chi connectivity index (χ3v) is 4.79. The second-order valence-corrected chi connectivity index (χ2v) is 6.42. The topological polar surface area (TPSA) is 70.7 Å². The van der Waals surface area contributed by atoms with Crippen molar-refractivity contribution in [3.05, 3.63) is 29.3 Å². The van der Waals surface area contributed by atoms with Gasteiger partial charge >= 0.3 is 0 Å². The van der Waals surface area contributed by atoms with Crippen molar-refractivity contribution in [3.8, 4) is 0 Å². The number of amides is 2. The minimum Gasteiger partial charge on any atom is -0.385 e. The first kappa shape index (κ1) is 19.5. The smallest absolute Gasteiger partial charge is 0.251 e. The monoisotopic (exact) mass is 367 g/mol. The number of likely N-dealkylation sites (tertiary alicyclic amines) is 1. The molecule has 0 atom stereocenters. The van der Waals surface area contributed by atoms with Crippen LogP contribution in [-0.4, -0.2) is 56.1 Å². The van der Waals surface area contributed by atoms with Crippen LogP contribution in [0.15, 0.2) is 18.2 Å². The summed E-state index contributed by atoms with van der Waals surface area (Å²) < 4.78 is 4.89. The molecule has 2 aliphatic heterocycles. The Labute approximate surface area is 154 Å². The summed E-state index contributed by atoms with van der Waals surface area (Å²) in [7, 11) is 1.53. The van der Waals surface area contributed by atoms with Crippen LogP contribution in [0.25, 0.3) is 0 Å². The summed E-state index contributed by atoms with van der Waals surface area (Å²) in [6, 6.07) is 5.98. The lowest BCUT2D eigenvalue weighted by molar-refractivity contribution is -0.136. The van der Waals surface area contributed by atoms with Gasteiger partial charge in [0.1, 0.15) is 6.61 Å². The van der Waals surface area contributed by atoms with Gasteiger partial charge in [-0.1, -0.05) is 6.07 Å². The van der Waals surface area contributed by atoms with E-state index in [4.69, 9.17) is 4.74 Å². The van der Waals surface area contributed by atoms with Crippen molar-refractivity contribution in [1.29, 1.82) is 0 Å². The molecule has 3 rings (SSSR count). The molecule has 0 unspecified atom stereocenters. The summed E-state index contributed by atoms with van der Waals surface area (Å²) in [6.45, 7) is 2.43. The third-order valence-electron chi connectivity index (χ3n) is 4.79. The number of nitrogens with zero attached hydrogens (tertiary/aromatic N) is 1. The molecule has 1 aromatic rings. The van der Waals surface area contributed by atoms with E-state index < -0.39 is 0 Å². The predicted molar refractivity (Wildman–Crippen MR) is 99.4 cm³/mol. The van der Waals surface area contributed by atoms with Crippen molar-refractivity contribution in [2.24, 2.45) is 0 Å². The van der Waals surface area contributed by atoms with Gasteiger partial charge in [-0.25, -0.2) is 0 Å². The van der Waals surface area contributed by atoms with Crippen LogP contribution in [0, 0.1) is 0 Å². The van der Waals surface area contributed by atoms with Gasteiger partial charge in [0.2, 0.25) is 5.91 Å². The summed E-state index contributed by atoms with van der Waals surface area (Å²) in [6.07, 6.45) is 3.57. The van der Waals surface area contributed by atoms with Gasteiger partial charge in [-0.2, -0.15) is 0 Å². The summed E-state index contributed by atoms with van der Waals surface area (Å²) in [5.74, 6) is 0.0164. The maximum absolute atomic E-state index is 12.7. The molecule has 2 amide bonds. The molecule has 0 bridgehead atoms. The molecule has 0 saturated carbocycles. The van der Waals surface area contributed by atoms with Gasteiger partial charge in [0.05, 0.1) is 0 Å². The van der Waals surface area contributed by atoms with Crippen molar-refractivity contribution in [2.75, 3.05) is 38.7 Å². The Hall–Kier alpha value is -1.79. The average molecular weight is 368 g/mol. The van der Waals surface area contributed by atoms with Crippen molar-refractivity contribution < 1.29 is 14.3 Å². The zero-order valence-electron chi connectivity index (χ0n) is 14.5. The SMILES string of the molecule is COCC(=O)N1CCC(NC(=O)c2cccc3c2CCCN3)CC1.Cl. The van der Waals surface area contributed by atoms with Gasteiger partial charge in [-0.15, -0.1) is 12.4 Å². The van der Waals surface area contributed by atoms with Crippen molar-refractivity contribution in [3.63, 3.8) is 0 Å². The Balaban J connectivity index is 0.00000225. The number of ether oxygens (including phenoxy) is 1. The average Bonchev–Trinajstić information content (AvgIpc) is 2.62. The number of benzene rings is 1. The molecular weight excluding hydrogens is 342 g/mol. The number of rotatable bonds is 4. The molecule has 7 heteroatoms. The van der Waals surface area contributed by atoms with Crippen LogP contribution in [-0.2, 0) is 16.0 Å². The van der Waals surface area contributed by atoms with E-state index in [1.165, 1.54) is 7.11 Å². The van der Waals surface area contributed by atoms with Crippen molar-refractivity contribution in [2.45, 2.75) is 31.7 Å². The molecule has 2 N–H and O–H groups in total. The van der Waals surface area contributed by atoms with Gasteiger partial charge in [-0.05, 0) is 43.4 Å². The fourth-order valence-electron chi connectivity index (χ4n) is 3.47. The number of fused-ring (bicyclic) bond motifs is 1. The summed E-state index contributed by atoms with van der Waals surface area (Å²) in [5.41, 5.74) is 2.97. The molecule has 0 aromatic heterocycles. The maximum atomic E-state index is 12.7. The van der Waals surface area contributed by atoms with E-state index in [9.17, 15) is 9.59 Å². The van der Waals surface area contributed by atoms with Gasteiger partial charge < -0.3 is 20.3 Å². The van der Waals surface area contributed by atoms with E-state index in [2.05, 4.69) is 10.6 Å². The number of nitrogens with one attached hydrogen (secondary N) is 2. The fraction of sp³-hybridized carbons (Fsp3) is 0.556. The van der Waals surface area contributed by atoms with Gasteiger partial charge in [0, 0.05) is 44.0 Å². The van der Waals surface area contributed by atoms with Gasteiger partial charge in [-0.3, -0.25) is 9.59 Å². The minimum atomic E-state index is -0.00258. The normalized spacial score (nSPS) is 17.1. The number of hydrogen-bond acceptors (Lipinski definition) is 4. The number of carbonyl (C=O) groups is 2. The first-order chi connectivity index (χ1) is 11.7. The van der Waals surface area contributed by atoms with Crippen LogP contribution in [0.3, 0.4) is 0 Å². The standard InChI is InChI=1S/C18H25N3O3.ClH/c1-24-12-17(22)21-10-7-13(8-11-21)20-18(23)15-4-2-6-16-14(15)5-3-9-19-16;/h2,4,6,13,19H,3,5,7-12H2,1H3,(H,20,23);1H. The summed E-state index contributed by atoms with van der Waals surface area (Å²) in [5, 5.41) is 6.50. The lowest BCUT2D eigenvalue weighted by atomic mass is 9.96. The van der Waals surface area contributed by atoms with Crippen molar-refractivity contribution in [1.82, 2.24) is 10.2 Å². The summed E-state index contributed by atoms with van der Waals surface area (Å²) in [4.78, 5) is 26.3. The molecule has 2 heterocycles. The highest BCUT2D eigenvalue weighted by atomic mass is 35.5. The lowest BCUT2D eigenvalue weighted by Crippen LogP contribution is -2.47. The molecule has 1 aromatic carbocycles. The number of piperidine rings is 1. The molecule has 0 spiro atoms. The highest BCUT2D eigenvalue weighted by molar-refractivity contribution is 5.97. The quantitative estimate of drug-likeness (QED) is 0.851. The van der Waals surface area contributed by atoms with Crippen LogP contribution < -0.4 is 10.6 Å². The molecule has 2 aliphatic rings. The second kappa shape index (κ2) is 9.06. The van der Waals surface area contributed by atoms with Gasteiger partial charge in [0.25, 0.3) is 5.91 Å². The Morgan fingerprint density at radius 3 is 2.80 bits per heavy atom. The first-order valence-electron chi connectivity index (χ1n) is 8.62. The molecular formula is C18H26ClN3O3.